The van der Waals surface area contributed by atoms with E-state index in [0.29, 0.717) is 0 Å². The SMILES string of the molecule is Cc1ccc(CC(C#N)N2CCCC2)cc1. The summed E-state index contributed by atoms with van der Waals surface area (Å²) in [4.78, 5) is 2.31. The molecule has 2 nitrogen and oxygen atoms in total. The molecule has 2 rings (SSSR count). The quantitative estimate of drug-likeness (QED) is 0.773. The van der Waals surface area contributed by atoms with Crippen molar-refractivity contribution in [1.29, 1.82) is 5.26 Å². The number of nitriles is 1. The van der Waals surface area contributed by atoms with Crippen LogP contribution in [-0.2, 0) is 6.42 Å². The maximum atomic E-state index is 9.21. The highest BCUT2D eigenvalue weighted by molar-refractivity contribution is 5.23. The predicted molar refractivity (Wildman–Crippen MR) is 65.1 cm³/mol. The highest BCUT2D eigenvalue weighted by atomic mass is 15.2. The van der Waals surface area contributed by atoms with Crippen molar-refractivity contribution in [2.75, 3.05) is 13.1 Å². The van der Waals surface area contributed by atoms with Gasteiger partial charge in [-0.3, -0.25) is 4.90 Å². The summed E-state index contributed by atoms with van der Waals surface area (Å²) in [5.41, 5.74) is 2.54. The van der Waals surface area contributed by atoms with Crippen LogP contribution in [0.5, 0.6) is 0 Å². The molecule has 1 saturated heterocycles. The second kappa shape index (κ2) is 5.14. The molecule has 1 unspecified atom stereocenters. The van der Waals surface area contributed by atoms with Crippen LogP contribution in [0.25, 0.3) is 0 Å². The van der Waals surface area contributed by atoms with Crippen molar-refractivity contribution in [2.24, 2.45) is 0 Å². The van der Waals surface area contributed by atoms with Crippen LogP contribution in [0.4, 0.5) is 0 Å². The standard InChI is InChI=1S/C14H18N2/c1-12-4-6-13(7-5-12)10-14(11-15)16-8-2-3-9-16/h4-7,14H,2-3,8-10H2,1H3. The summed E-state index contributed by atoms with van der Waals surface area (Å²) in [5, 5.41) is 9.21. The van der Waals surface area contributed by atoms with E-state index in [1.165, 1.54) is 24.0 Å². The monoisotopic (exact) mass is 214 g/mol. The maximum Gasteiger partial charge on any atom is 0.102 e. The topological polar surface area (TPSA) is 27.0 Å². The largest absolute Gasteiger partial charge is 0.288 e. The third kappa shape index (κ3) is 2.62. The average molecular weight is 214 g/mol. The third-order valence-electron chi connectivity index (χ3n) is 3.28. The summed E-state index contributed by atoms with van der Waals surface area (Å²) in [6, 6.07) is 11.0. The van der Waals surface area contributed by atoms with Gasteiger partial charge in [-0.25, -0.2) is 0 Å². The molecule has 0 aromatic heterocycles. The molecular weight excluding hydrogens is 196 g/mol. The lowest BCUT2D eigenvalue weighted by molar-refractivity contribution is 0.288. The Bertz CT molecular complexity index is 369. The van der Waals surface area contributed by atoms with Crippen molar-refractivity contribution in [1.82, 2.24) is 4.90 Å². The molecule has 0 N–H and O–H groups in total. The summed E-state index contributed by atoms with van der Waals surface area (Å²) < 4.78 is 0. The van der Waals surface area contributed by atoms with Crippen LogP contribution >= 0.6 is 0 Å². The Labute approximate surface area is 97.5 Å². The van der Waals surface area contributed by atoms with Gasteiger partial charge in [0.05, 0.1) is 6.07 Å². The van der Waals surface area contributed by atoms with E-state index >= 15 is 0 Å². The van der Waals surface area contributed by atoms with Gasteiger partial charge in [0.15, 0.2) is 0 Å². The Hall–Kier alpha value is -1.33. The molecule has 0 bridgehead atoms. The minimum absolute atomic E-state index is 0.0604. The van der Waals surface area contributed by atoms with E-state index in [1.54, 1.807) is 0 Å². The van der Waals surface area contributed by atoms with Crippen LogP contribution in [0, 0.1) is 18.3 Å². The summed E-state index contributed by atoms with van der Waals surface area (Å²) in [7, 11) is 0. The van der Waals surface area contributed by atoms with E-state index in [0.717, 1.165) is 19.5 Å². The van der Waals surface area contributed by atoms with Crippen molar-refractivity contribution in [3.63, 3.8) is 0 Å². The minimum Gasteiger partial charge on any atom is -0.288 e. The molecule has 1 fully saturated rings. The molecule has 1 aliphatic heterocycles. The van der Waals surface area contributed by atoms with Crippen LogP contribution in [-0.4, -0.2) is 24.0 Å². The Kier molecular flexibility index (Phi) is 3.58. The third-order valence-corrected chi connectivity index (χ3v) is 3.28. The summed E-state index contributed by atoms with van der Waals surface area (Å²) in [6.07, 6.45) is 3.34. The Morgan fingerprint density at radius 1 is 1.25 bits per heavy atom. The van der Waals surface area contributed by atoms with E-state index in [2.05, 4.69) is 42.2 Å². The fourth-order valence-electron chi connectivity index (χ4n) is 2.26. The number of nitrogens with zero attached hydrogens (tertiary/aromatic N) is 2. The fraction of sp³-hybridized carbons (Fsp3) is 0.500. The zero-order valence-electron chi connectivity index (χ0n) is 9.82. The maximum absolute atomic E-state index is 9.21. The summed E-state index contributed by atoms with van der Waals surface area (Å²) in [6.45, 7) is 4.26. The highest BCUT2D eigenvalue weighted by Gasteiger charge is 2.21. The average Bonchev–Trinajstić information content (AvgIpc) is 2.82. The zero-order valence-corrected chi connectivity index (χ0v) is 9.82. The van der Waals surface area contributed by atoms with Gasteiger partial charge in [-0.15, -0.1) is 0 Å². The molecule has 1 heterocycles. The van der Waals surface area contributed by atoms with E-state index < -0.39 is 0 Å². The van der Waals surface area contributed by atoms with Gasteiger partial charge in [-0.05, 0) is 38.4 Å². The highest BCUT2D eigenvalue weighted by Crippen LogP contribution is 2.15. The number of aryl methyl sites for hydroxylation is 1. The van der Waals surface area contributed by atoms with Crippen molar-refractivity contribution in [2.45, 2.75) is 32.2 Å². The molecule has 1 aromatic rings. The Balaban J connectivity index is 2.01. The number of hydrogen-bond acceptors (Lipinski definition) is 2. The first-order chi connectivity index (χ1) is 7.79. The molecule has 0 aliphatic carbocycles. The minimum atomic E-state index is 0.0604. The first kappa shape index (κ1) is 11.2. The van der Waals surface area contributed by atoms with E-state index in [9.17, 15) is 5.26 Å². The van der Waals surface area contributed by atoms with Crippen LogP contribution < -0.4 is 0 Å². The van der Waals surface area contributed by atoms with Gasteiger partial charge in [0.25, 0.3) is 0 Å². The molecule has 1 aromatic carbocycles. The second-order valence-corrected chi connectivity index (χ2v) is 4.58. The van der Waals surface area contributed by atoms with Gasteiger partial charge in [0.2, 0.25) is 0 Å². The van der Waals surface area contributed by atoms with Crippen molar-refractivity contribution >= 4 is 0 Å². The van der Waals surface area contributed by atoms with E-state index in [1.807, 2.05) is 0 Å². The lowest BCUT2D eigenvalue weighted by atomic mass is 10.0. The van der Waals surface area contributed by atoms with Gasteiger partial charge in [-0.1, -0.05) is 29.8 Å². The fourth-order valence-corrected chi connectivity index (χ4v) is 2.26. The molecule has 1 atom stereocenters. The lowest BCUT2D eigenvalue weighted by Gasteiger charge is -2.21. The van der Waals surface area contributed by atoms with Crippen LogP contribution in [0.2, 0.25) is 0 Å². The number of rotatable bonds is 3. The Morgan fingerprint density at radius 3 is 2.44 bits per heavy atom. The van der Waals surface area contributed by atoms with Crippen LogP contribution in [0.15, 0.2) is 24.3 Å². The smallest absolute Gasteiger partial charge is 0.102 e. The van der Waals surface area contributed by atoms with Gasteiger partial charge in [-0.2, -0.15) is 5.26 Å². The molecule has 0 spiro atoms. The zero-order chi connectivity index (χ0) is 11.4. The Morgan fingerprint density at radius 2 is 1.88 bits per heavy atom. The number of hydrogen-bond donors (Lipinski definition) is 0. The van der Waals surface area contributed by atoms with Gasteiger partial charge < -0.3 is 0 Å². The van der Waals surface area contributed by atoms with Gasteiger partial charge >= 0.3 is 0 Å². The van der Waals surface area contributed by atoms with Crippen molar-refractivity contribution < 1.29 is 0 Å². The van der Waals surface area contributed by atoms with Gasteiger partial charge in [0.1, 0.15) is 6.04 Å². The molecule has 2 heteroatoms. The molecule has 0 amide bonds. The van der Waals surface area contributed by atoms with Gasteiger partial charge in [0, 0.05) is 6.42 Å². The lowest BCUT2D eigenvalue weighted by Crippen LogP contribution is -2.33. The normalized spacial score (nSPS) is 18.2. The van der Waals surface area contributed by atoms with E-state index in [4.69, 9.17) is 0 Å². The van der Waals surface area contributed by atoms with E-state index in [-0.39, 0.29) is 6.04 Å². The van der Waals surface area contributed by atoms with Crippen molar-refractivity contribution in [3.05, 3.63) is 35.4 Å². The molecule has 84 valence electrons. The predicted octanol–water partition coefficient (Wildman–Crippen LogP) is 2.53. The first-order valence-electron chi connectivity index (χ1n) is 5.99. The van der Waals surface area contributed by atoms with Crippen LogP contribution in [0.1, 0.15) is 24.0 Å². The summed E-state index contributed by atoms with van der Waals surface area (Å²) >= 11 is 0. The van der Waals surface area contributed by atoms with Crippen LogP contribution in [0.3, 0.4) is 0 Å². The van der Waals surface area contributed by atoms with Crippen molar-refractivity contribution in [3.8, 4) is 6.07 Å². The molecule has 16 heavy (non-hydrogen) atoms. The first-order valence-corrected chi connectivity index (χ1v) is 5.99. The number of likely N-dealkylation sites (tertiary alicyclic amines) is 1. The second-order valence-electron chi connectivity index (χ2n) is 4.58. The molecular formula is C14H18N2. The molecule has 0 radical (unpaired) electrons. The molecule has 1 aliphatic rings. The molecule has 0 saturated carbocycles. The summed E-state index contributed by atoms with van der Waals surface area (Å²) in [5.74, 6) is 0. The number of benzene rings is 1.